The van der Waals surface area contributed by atoms with E-state index in [1.165, 1.54) is 6.33 Å². The van der Waals surface area contributed by atoms with E-state index in [9.17, 15) is 0 Å². The molecule has 2 aromatic rings. The van der Waals surface area contributed by atoms with E-state index in [0.717, 1.165) is 34.0 Å². The smallest absolute Gasteiger partial charge is 0.144 e. The van der Waals surface area contributed by atoms with Crippen LogP contribution >= 0.6 is 15.9 Å². The standard InChI is InChI=1S/C10H12BrN5/c11-7-6-9(13)14-3-15-10(6)16-8(7)4-1-5(12)2-4/h3-5H,1-2,12H2,(H3,13,14,15,16). The van der Waals surface area contributed by atoms with Gasteiger partial charge in [0.25, 0.3) is 0 Å². The summed E-state index contributed by atoms with van der Waals surface area (Å²) in [4.78, 5) is 11.5. The first-order chi connectivity index (χ1) is 7.66. The van der Waals surface area contributed by atoms with E-state index in [1.807, 2.05) is 0 Å². The number of anilines is 1. The molecule has 6 heteroatoms. The number of nitrogens with one attached hydrogen (secondary N) is 1. The lowest BCUT2D eigenvalue weighted by molar-refractivity contribution is 0.345. The van der Waals surface area contributed by atoms with Crippen LogP contribution in [-0.4, -0.2) is 21.0 Å². The number of nitrogens with zero attached hydrogens (tertiary/aromatic N) is 2. The predicted molar refractivity (Wildman–Crippen MR) is 66.0 cm³/mol. The molecule has 1 aliphatic rings. The average molecular weight is 282 g/mol. The molecule has 3 rings (SSSR count). The first-order valence-corrected chi connectivity index (χ1v) is 5.99. The topological polar surface area (TPSA) is 93.6 Å². The third-order valence-corrected chi connectivity index (χ3v) is 3.99. The van der Waals surface area contributed by atoms with E-state index in [1.54, 1.807) is 0 Å². The first-order valence-electron chi connectivity index (χ1n) is 5.20. The maximum atomic E-state index is 5.83. The Hall–Kier alpha value is -1.14. The lowest BCUT2D eigenvalue weighted by Gasteiger charge is -2.32. The van der Waals surface area contributed by atoms with Gasteiger partial charge >= 0.3 is 0 Å². The summed E-state index contributed by atoms with van der Waals surface area (Å²) in [5.74, 6) is 0.987. The van der Waals surface area contributed by atoms with Gasteiger partial charge in [-0.05, 0) is 28.8 Å². The van der Waals surface area contributed by atoms with E-state index >= 15 is 0 Å². The lowest BCUT2D eigenvalue weighted by Crippen LogP contribution is -2.35. The van der Waals surface area contributed by atoms with Gasteiger partial charge in [0.1, 0.15) is 17.8 Å². The Balaban J connectivity index is 2.13. The number of hydrogen-bond donors (Lipinski definition) is 3. The third-order valence-electron chi connectivity index (χ3n) is 3.17. The van der Waals surface area contributed by atoms with Crippen molar-refractivity contribution in [2.75, 3.05) is 5.73 Å². The number of fused-ring (bicyclic) bond motifs is 1. The molecule has 0 atom stereocenters. The molecule has 0 aromatic carbocycles. The Morgan fingerprint density at radius 3 is 2.75 bits per heavy atom. The molecule has 0 saturated heterocycles. The van der Waals surface area contributed by atoms with Crippen molar-refractivity contribution in [2.45, 2.75) is 24.8 Å². The van der Waals surface area contributed by atoms with Crippen molar-refractivity contribution in [1.82, 2.24) is 15.0 Å². The van der Waals surface area contributed by atoms with Crippen molar-refractivity contribution < 1.29 is 0 Å². The zero-order chi connectivity index (χ0) is 11.3. The van der Waals surface area contributed by atoms with Crippen molar-refractivity contribution in [3.05, 3.63) is 16.5 Å². The van der Waals surface area contributed by atoms with E-state index in [0.29, 0.717) is 17.8 Å². The summed E-state index contributed by atoms with van der Waals surface area (Å²) in [7, 11) is 0. The molecular formula is C10H12BrN5. The number of halogens is 1. The normalized spacial score (nSPS) is 24.6. The second-order valence-electron chi connectivity index (χ2n) is 4.26. The molecule has 2 aromatic heterocycles. The summed E-state index contributed by atoms with van der Waals surface area (Å²) in [6.45, 7) is 0. The fourth-order valence-corrected chi connectivity index (χ4v) is 3.02. The van der Waals surface area contributed by atoms with Gasteiger partial charge in [0.2, 0.25) is 0 Å². The average Bonchev–Trinajstić information content (AvgIpc) is 2.53. The van der Waals surface area contributed by atoms with Gasteiger partial charge in [0, 0.05) is 17.7 Å². The molecule has 1 fully saturated rings. The zero-order valence-electron chi connectivity index (χ0n) is 8.57. The Kier molecular flexibility index (Phi) is 2.15. The van der Waals surface area contributed by atoms with Crippen molar-refractivity contribution in [3.63, 3.8) is 0 Å². The molecule has 2 heterocycles. The van der Waals surface area contributed by atoms with Gasteiger partial charge in [0.15, 0.2) is 0 Å². The minimum absolute atomic E-state index is 0.326. The lowest BCUT2D eigenvalue weighted by atomic mass is 9.79. The van der Waals surface area contributed by atoms with E-state index < -0.39 is 0 Å². The number of hydrogen-bond acceptors (Lipinski definition) is 4. The number of nitrogens with two attached hydrogens (primary N) is 2. The number of aromatic nitrogens is 3. The molecule has 5 nitrogen and oxygen atoms in total. The van der Waals surface area contributed by atoms with Crippen LogP contribution in [0.15, 0.2) is 10.8 Å². The minimum Gasteiger partial charge on any atom is -0.383 e. The van der Waals surface area contributed by atoms with Gasteiger partial charge in [-0.1, -0.05) is 0 Å². The highest BCUT2D eigenvalue weighted by molar-refractivity contribution is 9.10. The Labute approximate surface area is 101 Å². The van der Waals surface area contributed by atoms with Gasteiger partial charge in [-0.25, -0.2) is 9.97 Å². The second kappa shape index (κ2) is 3.43. The van der Waals surface area contributed by atoms with E-state index in [-0.39, 0.29) is 0 Å². The highest BCUT2D eigenvalue weighted by atomic mass is 79.9. The van der Waals surface area contributed by atoms with Crippen LogP contribution in [0.2, 0.25) is 0 Å². The largest absolute Gasteiger partial charge is 0.383 e. The molecule has 0 spiro atoms. The first kappa shape index (κ1) is 10.0. The third kappa shape index (κ3) is 1.33. The van der Waals surface area contributed by atoms with Crippen LogP contribution in [0.4, 0.5) is 5.82 Å². The van der Waals surface area contributed by atoms with Crippen LogP contribution in [0.5, 0.6) is 0 Å². The van der Waals surface area contributed by atoms with Gasteiger partial charge in [-0.3, -0.25) is 0 Å². The summed E-state index contributed by atoms with van der Waals surface area (Å²) in [6.07, 6.45) is 3.49. The molecule has 0 unspecified atom stereocenters. The summed E-state index contributed by atoms with van der Waals surface area (Å²) >= 11 is 3.57. The maximum Gasteiger partial charge on any atom is 0.144 e. The zero-order valence-corrected chi connectivity index (χ0v) is 10.2. The van der Waals surface area contributed by atoms with Crippen LogP contribution in [0, 0.1) is 0 Å². The van der Waals surface area contributed by atoms with Crippen LogP contribution < -0.4 is 11.5 Å². The molecule has 5 N–H and O–H groups in total. The summed E-state index contributed by atoms with van der Waals surface area (Å²) in [5.41, 5.74) is 13.6. The number of nitrogen functional groups attached to an aromatic ring is 1. The number of aromatic amines is 1. The molecule has 1 saturated carbocycles. The molecule has 0 radical (unpaired) electrons. The van der Waals surface area contributed by atoms with Gasteiger partial charge < -0.3 is 16.5 Å². The molecule has 16 heavy (non-hydrogen) atoms. The van der Waals surface area contributed by atoms with E-state index in [2.05, 4.69) is 30.9 Å². The van der Waals surface area contributed by atoms with Crippen molar-refractivity contribution in [3.8, 4) is 0 Å². The quantitative estimate of drug-likeness (QED) is 0.739. The summed E-state index contributed by atoms with van der Waals surface area (Å²) in [5, 5.41) is 0.873. The van der Waals surface area contributed by atoms with Gasteiger partial charge in [-0.2, -0.15) is 0 Å². The van der Waals surface area contributed by atoms with Crippen molar-refractivity contribution in [2.24, 2.45) is 5.73 Å². The number of rotatable bonds is 1. The molecular weight excluding hydrogens is 270 g/mol. The summed E-state index contributed by atoms with van der Waals surface area (Å²) < 4.78 is 0.984. The highest BCUT2D eigenvalue weighted by Gasteiger charge is 2.31. The highest BCUT2D eigenvalue weighted by Crippen LogP contribution is 2.42. The molecule has 1 aliphatic carbocycles. The van der Waals surface area contributed by atoms with E-state index in [4.69, 9.17) is 11.5 Å². The summed E-state index contributed by atoms with van der Waals surface area (Å²) in [6, 6.07) is 0.326. The van der Waals surface area contributed by atoms with Crippen molar-refractivity contribution >= 4 is 32.8 Å². The number of H-pyrrole nitrogens is 1. The van der Waals surface area contributed by atoms with Crippen LogP contribution in [-0.2, 0) is 0 Å². The SMILES string of the molecule is Nc1ncnc2[nH]c(C3CC(N)C3)c(Br)c12. The van der Waals surface area contributed by atoms with Gasteiger partial charge in [0.05, 0.1) is 9.86 Å². The maximum absolute atomic E-state index is 5.83. The molecule has 84 valence electrons. The minimum atomic E-state index is 0.326. The Morgan fingerprint density at radius 1 is 1.38 bits per heavy atom. The van der Waals surface area contributed by atoms with Gasteiger partial charge in [-0.15, -0.1) is 0 Å². The molecule has 0 amide bonds. The van der Waals surface area contributed by atoms with Crippen molar-refractivity contribution in [1.29, 1.82) is 0 Å². The second-order valence-corrected chi connectivity index (χ2v) is 5.06. The fraction of sp³-hybridized carbons (Fsp3) is 0.400. The fourth-order valence-electron chi connectivity index (χ4n) is 2.21. The monoisotopic (exact) mass is 281 g/mol. The van der Waals surface area contributed by atoms with Crippen LogP contribution in [0.25, 0.3) is 11.0 Å². The van der Waals surface area contributed by atoms with Crippen LogP contribution in [0.1, 0.15) is 24.5 Å². The van der Waals surface area contributed by atoms with Crippen LogP contribution in [0.3, 0.4) is 0 Å². The predicted octanol–water partition coefficient (Wildman–Crippen LogP) is 1.51. The molecule has 0 bridgehead atoms. The molecule has 0 aliphatic heterocycles. The Bertz CT molecular complexity index is 543. The Morgan fingerprint density at radius 2 is 2.12 bits per heavy atom.